The van der Waals surface area contributed by atoms with E-state index in [0.717, 1.165) is 11.8 Å². The van der Waals surface area contributed by atoms with Crippen LogP contribution in [0.25, 0.3) is 0 Å². The fourth-order valence-corrected chi connectivity index (χ4v) is 4.52. The van der Waals surface area contributed by atoms with Gasteiger partial charge in [-0.1, -0.05) is 6.42 Å². The SMILES string of the molecule is Cc1ncc(S(=O)(=O)NCC2CC3CCC2C3)[nH]1. The summed E-state index contributed by atoms with van der Waals surface area (Å²) < 4.78 is 26.8. The smallest absolute Gasteiger partial charge is 0.257 e. The second-order valence-corrected chi connectivity index (χ2v) is 7.36. The third-order valence-electron chi connectivity index (χ3n) is 4.39. The molecule has 1 aromatic rings. The Hall–Kier alpha value is -0.880. The molecule has 1 heterocycles. The lowest BCUT2D eigenvalue weighted by molar-refractivity contribution is 0.332. The van der Waals surface area contributed by atoms with Crippen molar-refractivity contribution in [2.24, 2.45) is 17.8 Å². The summed E-state index contributed by atoms with van der Waals surface area (Å²) in [6, 6.07) is 0. The standard InChI is InChI=1S/C12H19N3O2S/c1-8-13-7-12(15-8)18(16,17)14-6-11-5-9-2-3-10(11)4-9/h7,9-11,14H,2-6H2,1H3,(H,13,15). The highest BCUT2D eigenvalue weighted by atomic mass is 32.2. The number of nitrogens with zero attached hydrogens (tertiary/aromatic N) is 1. The first kappa shape index (κ1) is 12.2. The average molecular weight is 269 g/mol. The zero-order valence-corrected chi connectivity index (χ0v) is 11.3. The summed E-state index contributed by atoms with van der Waals surface area (Å²) in [4.78, 5) is 6.69. The maximum absolute atomic E-state index is 12.0. The van der Waals surface area contributed by atoms with Crippen LogP contribution >= 0.6 is 0 Å². The van der Waals surface area contributed by atoms with Crippen molar-refractivity contribution in [3.8, 4) is 0 Å². The van der Waals surface area contributed by atoms with Crippen LogP contribution in [0.3, 0.4) is 0 Å². The Kier molecular flexibility index (Phi) is 2.94. The van der Waals surface area contributed by atoms with E-state index >= 15 is 0 Å². The summed E-state index contributed by atoms with van der Waals surface area (Å²) in [6.45, 7) is 2.32. The molecule has 2 saturated carbocycles. The lowest BCUT2D eigenvalue weighted by atomic mass is 9.89. The van der Waals surface area contributed by atoms with Crippen LogP contribution in [0.5, 0.6) is 0 Å². The largest absolute Gasteiger partial charge is 0.332 e. The molecule has 2 aliphatic carbocycles. The summed E-state index contributed by atoms with van der Waals surface area (Å²) in [7, 11) is -3.41. The lowest BCUT2D eigenvalue weighted by Gasteiger charge is -2.21. The molecule has 3 unspecified atom stereocenters. The number of hydrogen-bond donors (Lipinski definition) is 2. The Morgan fingerprint density at radius 1 is 1.44 bits per heavy atom. The summed E-state index contributed by atoms with van der Waals surface area (Å²) in [5.41, 5.74) is 0. The first-order valence-corrected chi connectivity index (χ1v) is 8.04. The molecule has 0 spiro atoms. The van der Waals surface area contributed by atoms with Gasteiger partial charge in [-0.2, -0.15) is 0 Å². The summed E-state index contributed by atoms with van der Waals surface area (Å²) in [5.74, 6) is 2.73. The van der Waals surface area contributed by atoms with Gasteiger partial charge in [0.05, 0.1) is 6.20 Å². The Morgan fingerprint density at radius 2 is 2.28 bits per heavy atom. The highest BCUT2D eigenvalue weighted by molar-refractivity contribution is 7.89. The minimum Gasteiger partial charge on any atom is -0.332 e. The van der Waals surface area contributed by atoms with Crippen molar-refractivity contribution in [3.05, 3.63) is 12.0 Å². The third kappa shape index (κ3) is 2.19. The minimum absolute atomic E-state index is 0.170. The normalized spacial score (nSPS) is 31.1. The third-order valence-corrected chi connectivity index (χ3v) is 5.72. The van der Waals surface area contributed by atoms with Crippen molar-refractivity contribution >= 4 is 10.0 Å². The number of aromatic amines is 1. The predicted octanol–water partition coefficient (Wildman–Crippen LogP) is 1.43. The lowest BCUT2D eigenvalue weighted by Crippen LogP contribution is -2.31. The molecule has 6 heteroatoms. The first-order valence-electron chi connectivity index (χ1n) is 6.56. The molecule has 18 heavy (non-hydrogen) atoms. The van der Waals surface area contributed by atoms with Crippen molar-refractivity contribution in [1.29, 1.82) is 0 Å². The molecule has 3 atom stereocenters. The van der Waals surface area contributed by atoms with E-state index in [1.165, 1.54) is 31.9 Å². The highest BCUT2D eigenvalue weighted by Crippen LogP contribution is 2.47. The monoisotopic (exact) mass is 269 g/mol. The number of rotatable bonds is 4. The zero-order valence-electron chi connectivity index (χ0n) is 10.5. The van der Waals surface area contributed by atoms with Crippen molar-refractivity contribution in [3.63, 3.8) is 0 Å². The van der Waals surface area contributed by atoms with E-state index in [9.17, 15) is 8.42 Å². The molecule has 2 bridgehead atoms. The highest BCUT2D eigenvalue weighted by Gasteiger charge is 2.39. The molecule has 0 aromatic carbocycles. The van der Waals surface area contributed by atoms with Crippen LogP contribution in [0.1, 0.15) is 31.5 Å². The fraction of sp³-hybridized carbons (Fsp3) is 0.750. The van der Waals surface area contributed by atoms with Gasteiger partial charge < -0.3 is 4.98 Å². The van der Waals surface area contributed by atoms with Crippen molar-refractivity contribution in [1.82, 2.24) is 14.7 Å². The van der Waals surface area contributed by atoms with Crippen LogP contribution in [0.4, 0.5) is 0 Å². The number of aromatic nitrogens is 2. The molecule has 3 rings (SSSR count). The van der Waals surface area contributed by atoms with Crippen molar-refractivity contribution in [2.45, 2.75) is 37.6 Å². The number of imidazole rings is 1. The van der Waals surface area contributed by atoms with Gasteiger partial charge in [0.25, 0.3) is 10.0 Å². The second-order valence-electron chi connectivity index (χ2n) is 5.62. The van der Waals surface area contributed by atoms with Crippen molar-refractivity contribution in [2.75, 3.05) is 6.54 Å². The molecule has 0 radical (unpaired) electrons. The molecular weight excluding hydrogens is 250 g/mol. The Labute approximate surface area is 107 Å². The van der Waals surface area contributed by atoms with Gasteiger partial charge in [-0.15, -0.1) is 0 Å². The molecule has 2 N–H and O–H groups in total. The van der Waals surface area contributed by atoms with Gasteiger partial charge in [0, 0.05) is 6.54 Å². The van der Waals surface area contributed by atoms with Crippen molar-refractivity contribution < 1.29 is 8.42 Å². The van der Waals surface area contributed by atoms with Gasteiger partial charge in [-0.05, 0) is 43.9 Å². The number of aryl methyl sites for hydroxylation is 1. The number of sulfonamides is 1. The molecule has 0 aliphatic heterocycles. The average Bonchev–Trinajstić information content (AvgIpc) is 3.01. The molecular formula is C12H19N3O2S. The van der Waals surface area contributed by atoms with E-state index < -0.39 is 10.0 Å². The van der Waals surface area contributed by atoms with E-state index in [4.69, 9.17) is 0 Å². The molecule has 1 aromatic heterocycles. The molecule has 5 nitrogen and oxygen atoms in total. The van der Waals surface area contributed by atoms with Gasteiger partial charge in [0.15, 0.2) is 5.03 Å². The molecule has 2 aliphatic rings. The van der Waals surface area contributed by atoms with Crippen LogP contribution in [0, 0.1) is 24.7 Å². The minimum atomic E-state index is -3.41. The van der Waals surface area contributed by atoms with Crippen LogP contribution < -0.4 is 4.72 Å². The van der Waals surface area contributed by atoms with Gasteiger partial charge in [-0.25, -0.2) is 18.1 Å². The van der Waals surface area contributed by atoms with E-state index in [2.05, 4.69) is 14.7 Å². The summed E-state index contributed by atoms with van der Waals surface area (Å²) in [5, 5.41) is 0.170. The number of hydrogen-bond acceptors (Lipinski definition) is 3. The van der Waals surface area contributed by atoms with E-state index in [1.54, 1.807) is 6.92 Å². The number of H-pyrrole nitrogens is 1. The zero-order chi connectivity index (χ0) is 12.8. The summed E-state index contributed by atoms with van der Waals surface area (Å²) >= 11 is 0. The second kappa shape index (κ2) is 4.35. The predicted molar refractivity (Wildman–Crippen MR) is 67.5 cm³/mol. The molecule has 0 saturated heterocycles. The van der Waals surface area contributed by atoms with Gasteiger partial charge >= 0.3 is 0 Å². The van der Waals surface area contributed by atoms with Gasteiger partial charge in [0.1, 0.15) is 5.82 Å². The fourth-order valence-electron chi connectivity index (χ4n) is 3.46. The Balaban J connectivity index is 1.63. The number of nitrogens with one attached hydrogen (secondary N) is 2. The quantitative estimate of drug-likeness (QED) is 0.868. The summed E-state index contributed by atoms with van der Waals surface area (Å²) in [6.07, 6.45) is 6.48. The van der Waals surface area contributed by atoms with E-state index in [1.807, 2.05) is 0 Å². The number of fused-ring (bicyclic) bond motifs is 2. The van der Waals surface area contributed by atoms with Crippen LogP contribution in [-0.2, 0) is 10.0 Å². The van der Waals surface area contributed by atoms with Crippen LogP contribution in [0.2, 0.25) is 0 Å². The first-order chi connectivity index (χ1) is 8.54. The van der Waals surface area contributed by atoms with Gasteiger partial charge in [-0.3, -0.25) is 0 Å². The Morgan fingerprint density at radius 3 is 2.83 bits per heavy atom. The van der Waals surface area contributed by atoms with E-state index in [-0.39, 0.29) is 5.03 Å². The van der Waals surface area contributed by atoms with E-state index in [0.29, 0.717) is 18.3 Å². The molecule has 2 fully saturated rings. The molecule has 100 valence electrons. The van der Waals surface area contributed by atoms with Crippen LogP contribution in [-0.4, -0.2) is 24.9 Å². The maximum atomic E-state index is 12.0. The maximum Gasteiger partial charge on any atom is 0.257 e. The van der Waals surface area contributed by atoms with Crippen LogP contribution in [0.15, 0.2) is 11.2 Å². The topological polar surface area (TPSA) is 74.8 Å². The molecule has 0 amide bonds. The Bertz CT molecular complexity index is 537. The van der Waals surface area contributed by atoms with Gasteiger partial charge in [0.2, 0.25) is 0 Å².